The first kappa shape index (κ1) is 18.5. The van der Waals surface area contributed by atoms with Crippen LogP contribution >= 0.6 is 11.6 Å². The predicted molar refractivity (Wildman–Crippen MR) is 65.0 cm³/mol. The summed E-state index contributed by atoms with van der Waals surface area (Å²) in [7, 11) is 0. The minimum Gasteiger partial charge on any atom is -0.410 e. The van der Waals surface area contributed by atoms with Gasteiger partial charge in [0.15, 0.2) is 5.17 Å². The van der Waals surface area contributed by atoms with E-state index < -0.39 is 39.9 Å². The van der Waals surface area contributed by atoms with Crippen LogP contribution in [-0.2, 0) is 5.67 Å². The third kappa shape index (κ3) is 2.73. The van der Waals surface area contributed by atoms with Crippen LogP contribution in [0.3, 0.4) is 0 Å². The summed E-state index contributed by atoms with van der Waals surface area (Å²) >= 11 is 5.47. The highest BCUT2D eigenvalue weighted by atomic mass is 35.5. The molecule has 0 aliphatic carbocycles. The largest absolute Gasteiger partial charge is 0.435 e. The fraction of sp³-hybridized carbons (Fsp3) is 0.417. The van der Waals surface area contributed by atoms with E-state index in [1.807, 2.05) is 0 Å². The molecule has 0 saturated carbocycles. The summed E-state index contributed by atoms with van der Waals surface area (Å²) in [6.07, 6.45) is -12.5. The molecule has 0 saturated heterocycles. The number of halogens is 8. The summed E-state index contributed by atoms with van der Waals surface area (Å²) < 4.78 is 90.7. The van der Waals surface area contributed by atoms with Gasteiger partial charge in [0.05, 0.1) is 0 Å². The van der Waals surface area contributed by atoms with Gasteiger partial charge in [-0.1, -0.05) is 28.9 Å². The lowest BCUT2D eigenvalue weighted by atomic mass is 9.86. The zero-order valence-corrected chi connectivity index (χ0v) is 11.8. The Morgan fingerprint density at radius 1 is 1.00 bits per heavy atom. The van der Waals surface area contributed by atoms with Crippen LogP contribution in [0.2, 0.25) is 0 Å². The quantitative estimate of drug-likeness (QED) is 0.347. The second-order valence-electron chi connectivity index (χ2n) is 4.47. The summed E-state index contributed by atoms with van der Waals surface area (Å²) in [5.74, 6) is 0. The van der Waals surface area contributed by atoms with Crippen molar-refractivity contribution >= 4 is 16.8 Å². The van der Waals surface area contributed by atoms with Crippen molar-refractivity contribution < 1.29 is 35.9 Å². The molecule has 0 radical (unpaired) electrons. The van der Waals surface area contributed by atoms with Gasteiger partial charge >= 0.3 is 18.0 Å². The minimum absolute atomic E-state index is 0.121. The fourth-order valence-electron chi connectivity index (χ4n) is 2.05. The average molecular weight is 352 g/mol. The van der Waals surface area contributed by atoms with Crippen molar-refractivity contribution in [2.75, 3.05) is 0 Å². The van der Waals surface area contributed by atoms with Gasteiger partial charge in [0, 0.05) is 11.1 Å². The van der Waals surface area contributed by atoms with Crippen LogP contribution in [0.15, 0.2) is 17.3 Å². The highest BCUT2D eigenvalue weighted by Crippen LogP contribution is 2.54. The Bertz CT molecular complexity index is 593. The summed E-state index contributed by atoms with van der Waals surface area (Å²) in [6, 6.07) is 1.22. The molecule has 0 amide bonds. The number of rotatable bonds is 2. The van der Waals surface area contributed by atoms with E-state index in [9.17, 15) is 30.7 Å². The molecule has 0 fully saturated rings. The second-order valence-corrected chi connectivity index (χ2v) is 4.83. The number of aryl methyl sites for hydroxylation is 1. The number of hydrogen-bond donors (Lipinski definition) is 1. The van der Waals surface area contributed by atoms with Gasteiger partial charge in [0.25, 0.3) is 0 Å². The molecule has 22 heavy (non-hydrogen) atoms. The number of benzene rings is 1. The van der Waals surface area contributed by atoms with Gasteiger partial charge in [-0.05, 0) is 25.0 Å². The highest BCUT2D eigenvalue weighted by molar-refractivity contribution is 6.69. The molecule has 0 aliphatic rings. The third-order valence-electron chi connectivity index (χ3n) is 3.12. The SMILES string of the molecule is Cc1ccc(C(F)(C(F)(F)F)C(F)(F)F)c(C)c1C(Cl)=NO. The Morgan fingerprint density at radius 3 is 1.82 bits per heavy atom. The fourth-order valence-corrected chi connectivity index (χ4v) is 2.34. The maximum atomic E-state index is 14.1. The van der Waals surface area contributed by atoms with Crippen molar-refractivity contribution in [3.8, 4) is 0 Å². The first-order valence-electron chi connectivity index (χ1n) is 5.60. The molecule has 2 nitrogen and oxygen atoms in total. The summed E-state index contributed by atoms with van der Waals surface area (Å²) in [4.78, 5) is 0. The molecule has 0 bridgehead atoms. The lowest BCUT2D eigenvalue weighted by Gasteiger charge is -2.32. The summed E-state index contributed by atoms with van der Waals surface area (Å²) in [5, 5.41) is 10.3. The Morgan fingerprint density at radius 2 is 1.45 bits per heavy atom. The van der Waals surface area contributed by atoms with Crippen LogP contribution < -0.4 is 0 Å². The Labute approximate surface area is 125 Å². The second kappa shape index (κ2) is 5.60. The molecule has 124 valence electrons. The average Bonchev–Trinajstić information content (AvgIpc) is 2.35. The maximum absolute atomic E-state index is 14.1. The highest BCUT2D eigenvalue weighted by Gasteiger charge is 2.74. The van der Waals surface area contributed by atoms with E-state index in [2.05, 4.69) is 5.16 Å². The first-order chi connectivity index (χ1) is 9.79. The van der Waals surface area contributed by atoms with Gasteiger partial charge in [-0.3, -0.25) is 0 Å². The van der Waals surface area contributed by atoms with Crippen molar-refractivity contribution in [2.24, 2.45) is 5.16 Å². The molecule has 0 aliphatic heterocycles. The monoisotopic (exact) mass is 351 g/mol. The maximum Gasteiger partial charge on any atom is 0.435 e. The predicted octanol–water partition coefficient (Wildman–Crippen LogP) is 4.97. The van der Waals surface area contributed by atoms with Crippen LogP contribution in [0.1, 0.15) is 22.3 Å². The smallest absolute Gasteiger partial charge is 0.410 e. The van der Waals surface area contributed by atoms with Crippen molar-refractivity contribution in [2.45, 2.75) is 31.9 Å². The van der Waals surface area contributed by atoms with Crippen LogP contribution in [0.25, 0.3) is 0 Å². The van der Waals surface area contributed by atoms with E-state index in [1.54, 1.807) is 0 Å². The van der Waals surface area contributed by atoms with Gasteiger partial charge in [0.1, 0.15) is 0 Å². The van der Waals surface area contributed by atoms with E-state index in [4.69, 9.17) is 16.8 Å². The van der Waals surface area contributed by atoms with Crippen LogP contribution in [0.4, 0.5) is 30.7 Å². The van der Waals surface area contributed by atoms with E-state index in [0.29, 0.717) is 6.07 Å². The van der Waals surface area contributed by atoms with E-state index in [0.717, 1.165) is 13.0 Å². The van der Waals surface area contributed by atoms with Gasteiger partial charge in [-0.15, -0.1) is 0 Å². The number of alkyl halides is 7. The summed E-state index contributed by atoms with van der Waals surface area (Å²) in [6.45, 7) is 2.14. The zero-order valence-electron chi connectivity index (χ0n) is 11.1. The molecule has 1 aromatic rings. The lowest BCUT2D eigenvalue weighted by molar-refractivity contribution is -0.348. The standard InChI is InChI=1S/C12H9ClF7NO/c1-5-3-4-7(6(2)8(5)9(13)21-22)10(14,11(15,16)17)12(18,19)20/h3-4,22H,1-2H3. The van der Waals surface area contributed by atoms with Gasteiger partial charge in [0.2, 0.25) is 0 Å². The Balaban J connectivity index is 3.82. The van der Waals surface area contributed by atoms with E-state index in [-0.39, 0.29) is 5.56 Å². The van der Waals surface area contributed by atoms with Crippen molar-refractivity contribution in [3.63, 3.8) is 0 Å². The Hall–Kier alpha value is -1.51. The molecule has 0 spiro atoms. The molecule has 0 aromatic heterocycles. The molecule has 1 rings (SSSR count). The molecule has 1 aromatic carbocycles. The van der Waals surface area contributed by atoms with Crippen molar-refractivity contribution in [1.82, 2.24) is 0 Å². The van der Waals surface area contributed by atoms with Gasteiger partial charge in [-0.2, -0.15) is 26.3 Å². The molecular formula is C12H9ClF7NO. The minimum atomic E-state index is -6.23. The molecule has 0 heterocycles. The number of hydrogen-bond acceptors (Lipinski definition) is 2. The number of nitrogens with zero attached hydrogens (tertiary/aromatic N) is 1. The zero-order chi connectivity index (χ0) is 17.5. The first-order valence-corrected chi connectivity index (χ1v) is 5.97. The molecule has 0 atom stereocenters. The molecule has 10 heteroatoms. The third-order valence-corrected chi connectivity index (χ3v) is 3.38. The van der Waals surface area contributed by atoms with Gasteiger partial charge in [-0.25, -0.2) is 4.39 Å². The molecular weight excluding hydrogens is 343 g/mol. The van der Waals surface area contributed by atoms with Crippen molar-refractivity contribution in [3.05, 3.63) is 34.4 Å². The Kier molecular flexibility index (Phi) is 4.72. The van der Waals surface area contributed by atoms with Crippen LogP contribution in [0, 0.1) is 13.8 Å². The lowest BCUT2D eigenvalue weighted by Crippen LogP contribution is -2.51. The van der Waals surface area contributed by atoms with Crippen molar-refractivity contribution in [1.29, 1.82) is 0 Å². The van der Waals surface area contributed by atoms with E-state index in [1.165, 1.54) is 6.92 Å². The van der Waals surface area contributed by atoms with Crippen LogP contribution in [-0.4, -0.2) is 22.7 Å². The molecule has 0 unspecified atom stereocenters. The summed E-state index contributed by atoms with van der Waals surface area (Å²) in [5.41, 5.74) is -8.23. The van der Waals surface area contributed by atoms with E-state index >= 15 is 0 Å². The van der Waals surface area contributed by atoms with Crippen LogP contribution in [0.5, 0.6) is 0 Å². The normalized spacial score (nSPS) is 14.4. The molecule has 1 N–H and O–H groups in total. The number of oxime groups is 1. The van der Waals surface area contributed by atoms with Gasteiger partial charge < -0.3 is 5.21 Å². The topological polar surface area (TPSA) is 32.6 Å².